The number of hydrogen-bond acceptors (Lipinski definition) is 7. The van der Waals surface area contributed by atoms with E-state index in [9.17, 15) is 14.4 Å². The molecule has 0 saturated carbocycles. The number of benzene rings is 2. The van der Waals surface area contributed by atoms with Gasteiger partial charge in [-0.2, -0.15) is 0 Å². The maximum absolute atomic E-state index is 13.6. The van der Waals surface area contributed by atoms with Crippen molar-refractivity contribution >= 4 is 50.9 Å². The van der Waals surface area contributed by atoms with E-state index >= 15 is 0 Å². The zero-order chi connectivity index (χ0) is 23.4. The molecule has 166 valence electrons. The molecule has 0 spiro atoms. The van der Waals surface area contributed by atoms with Crippen LogP contribution in [0.25, 0.3) is 11.0 Å². The number of esters is 1. The van der Waals surface area contributed by atoms with E-state index in [1.54, 1.807) is 36.4 Å². The molecule has 1 amide bonds. The summed E-state index contributed by atoms with van der Waals surface area (Å²) in [6.45, 7) is 3.78. The predicted molar refractivity (Wildman–Crippen MR) is 126 cm³/mol. The van der Waals surface area contributed by atoms with Crippen molar-refractivity contribution in [2.45, 2.75) is 19.9 Å². The van der Waals surface area contributed by atoms with Crippen LogP contribution in [0.4, 0.5) is 5.13 Å². The van der Waals surface area contributed by atoms with Gasteiger partial charge in [0.25, 0.3) is 5.91 Å². The Balaban J connectivity index is 1.77. The highest BCUT2D eigenvalue weighted by atomic mass is 35.5. The normalized spacial score (nSPS) is 15.2. The van der Waals surface area contributed by atoms with Crippen LogP contribution in [0, 0.1) is 13.8 Å². The number of hydrogen-bond donors (Lipinski definition) is 0. The Bertz CT molecular complexity index is 1490. The highest BCUT2D eigenvalue weighted by molar-refractivity contribution is 7.15. The zero-order valence-corrected chi connectivity index (χ0v) is 19.4. The molecule has 2 aromatic heterocycles. The van der Waals surface area contributed by atoms with Crippen LogP contribution in [-0.2, 0) is 4.74 Å². The summed E-state index contributed by atoms with van der Waals surface area (Å²) in [4.78, 5) is 46.0. The second-order valence-electron chi connectivity index (χ2n) is 7.64. The summed E-state index contributed by atoms with van der Waals surface area (Å²) >= 11 is 7.48. The summed E-state index contributed by atoms with van der Waals surface area (Å²) in [6.07, 6.45) is 0. The predicted octanol–water partition coefficient (Wildman–Crippen LogP) is 5.06. The van der Waals surface area contributed by atoms with Crippen molar-refractivity contribution in [2.75, 3.05) is 12.0 Å². The van der Waals surface area contributed by atoms with E-state index in [0.717, 1.165) is 10.6 Å². The Hall–Kier alpha value is -3.49. The number of methoxy groups -OCH3 is 1. The Labute approximate surface area is 197 Å². The average molecular weight is 481 g/mol. The van der Waals surface area contributed by atoms with Crippen molar-refractivity contribution in [3.8, 4) is 0 Å². The summed E-state index contributed by atoms with van der Waals surface area (Å²) < 4.78 is 10.7. The maximum atomic E-state index is 13.6. The number of nitrogens with zero attached hydrogens (tertiary/aromatic N) is 2. The van der Waals surface area contributed by atoms with Crippen LogP contribution >= 0.6 is 22.9 Å². The Morgan fingerprint density at radius 3 is 2.52 bits per heavy atom. The third-order valence-electron chi connectivity index (χ3n) is 5.70. The average Bonchev–Trinajstić information content (AvgIpc) is 3.29. The first kappa shape index (κ1) is 21.4. The summed E-state index contributed by atoms with van der Waals surface area (Å²) in [5.74, 6) is -0.954. The van der Waals surface area contributed by atoms with Gasteiger partial charge in [0.2, 0.25) is 5.76 Å². The lowest BCUT2D eigenvalue weighted by Gasteiger charge is -2.22. The second-order valence-corrected chi connectivity index (χ2v) is 9.26. The molecule has 1 aliphatic rings. The number of amides is 1. The lowest BCUT2D eigenvalue weighted by atomic mass is 9.97. The van der Waals surface area contributed by atoms with Crippen LogP contribution < -0.4 is 10.3 Å². The molecule has 0 fully saturated rings. The van der Waals surface area contributed by atoms with E-state index in [0.29, 0.717) is 26.7 Å². The molecule has 0 bridgehead atoms. The minimum atomic E-state index is -0.774. The monoisotopic (exact) mass is 480 g/mol. The van der Waals surface area contributed by atoms with Gasteiger partial charge in [0.1, 0.15) is 5.58 Å². The van der Waals surface area contributed by atoms with E-state index in [1.807, 2.05) is 13.8 Å². The van der Waals surface area contributed by atoms with Gasteiger partial charge in [0.15, 0.2) is 10.6 Å². The Morgan fingerprint density at radius 1 is 1.15 bits per heavy atom. The highest BCUT2D eigenvalue weighted by Gasteiger charge is 2.45. The fourth-order valence-electron chi connectivity index (χ4n) is 3.94. The van der Waals surface area contributed by atoms with Gasteiger partial charge in [-0.25, -0.2) is 9.78 Å². The molecule has 2 aromatic carbocycles. The van der Waals surface area contributed by atoms with Gasteiger partial charge in [0.05, 0.1) is 35.4 Å². The molecule has 0 saturated heterocycles. The number of rotatable bonds is 3. The summed E-state index contributed by atoms with van der Waals surface area (Å²) in [5.41, 5.74) is 1.95. The van der Waals surface area contributed by atoms with Gasteiger partial charge in [-0.15, -0.1) is 11.3 Å². The second kappa shape index (κ2) is 7.83. The molecule has 1 atom stereocenters. The third kappa shape index (κ3) is 3.34. The van der Waals surface area contributed by atoms with E-state index < -0.39 is 17.9 Å². The van der Waals surface area contributed by atoms with Crippen molar-refractivity contribution in [3.05, 3.63) is 90.7 Å². The maximum Gasteiger partial charge on any atom is 0.337 e. The van der Waals surface area contributed by atoms with Crippen molar-refractivity contribution < 1.29 is 18.7 Å². The number of ether oxygens (including phenoxy) is 1. The molecule has 0 aliphatic carbocycles. The van der Waals surface area contributed by atoms with E-state index in [2.05, 4.69) is 4.98 Å². The van der Waals surface area contributed by atoms with E-state index in [4.69, 9.17) is 20.8 Å². The Morgan fingerprint density at radius 2 is 1.88 bits per heavy atom. The highest BCUT2D eigenvalue weighted by Crippen LogP contribution is 2.43. The van der Waals surface area contributed by atoms with Crippen molar-refractivity contribution in [3.63, 3.8) is 0 Å². The standard InChI is InChI=1S/C24H17ClN2O5S/c1-11-12(2)33-24(26-11)27-19(13-4-6-14(7-5-13)23(30)31-3)18-20(28)16-10-15(25)8-9-17(16)32-21(18)22(27)29/h4-10,19H,1-3H3/t19-/m1/s1. The molecule has 0 unspecified atom stereocenters. The summed E-state index contributed by atoms with van der Waals surface area (Å²) in [5, 5.41) is 1.14. The van der Waals surface area contributed by atoms with Gasteiger partial charge in [0, 0.05) is 9.90 Å². The number of aromatic nitrogens is 1. The number of anilines is 1. The third-order valence-corrected chi connectivity index (χ3v) is 7.01. The molecule has 33 heavy (non-hydrogen) atoms. The lowest BCUT2D eigenvalue weighted by Crippen LogP contribution is -2.29. The van der Waals surface area contributed by atoms with Crippen LogP contribution in [0.1, 0.15) is 48.7 Å². The molecule has 3 heterocycles. The van der Waals surface area contributed by atoms with Crippen LogP contribution in [0.5, 0.6) is 0 Å². The van der Waals surface area contributed by atoms with Gasteiger partial charge in [-0.3, -0.25) is 14.5 Å². The molecule has 0 radical (unpaired) electrons. The van der Waals surface area contributed by atoms with Crippen LogP contribution in [0.2, 0.25) is 5.02 Å². The van der Waals surface area contributed by atoms with Crippen molar-refractivity contribution in [1.29, 1.82) is 0 Å². The quantitative estimate of drug-likeness (QED) is 0.381. The fraction of sp³-hybridized carbons (Fsp3) is 0.167. The fourth-order valence-corrected chi connectivity index (χ4v) is 5.04. The number of carbonyl (C=O) groups excluding carboxylic acids is 2. The molecule has 0 N–H and O–H groups in total. The number of thiazole rings is 1. The van der Waals surface area contributed by atoms with Crippen LogP contribution in [0.15, 0.2) is 51.7 Å². The number of fused-ring (bicyclic) bond motifs is 2. The number of halogens is 1. The minimum Gasteiger partial charge on any atom is -0.465 e. The summed E-state index contributed by atoms with van der Waals surface area (Å²) in [7, 11) is 1.30. The molecule has 5 rings (SSSR count). The lowest BCUT2D eigenvalue weighted by molar-refractivity contribution is 0.0600. The molecule has 7 nitrogen and oxygen atoms in total. The largest absolute Gasteiger partial charge is 0.465 e. The van der Waals surface area contributed by atoms with Gasteiger partial charge in [-0.1, -0.05) is 23.7 Å². The van der Waals surface area contributed by atoms with Gasteiger partial charge >= 0.3 is 5.97 Å². The number of aryl methyl sites for hydroxylation is 2. The minimum absolute atomic E-state index is 0.0256. The molecular weight excluding hydrogens is 464 g/mol. The van der Waals surface area contributed by atoms with Crippen LogP contribution in [-0.4, -0.2) is 24.0 Å². The zero-order valence-electron chi connectivity index (χ0n) is 17.8. The van der Waals surface area contributed by atoms with Gasteiger partial charge < -0.3 is 9.15 Å². The molecular formula is C24H17ClN2O5S. The van der Waals surface area contributed by atoms with E-state index in [-0.39, 0.29) is 22.3 Å². The summed E-state index contributed by atoms with van der Waals surface area (Å²) in [6, 6.07) is 10.5. The first-order valence-electron chi connectivity index (χ1n) is 10.0. The van der Waals surface area contributed by atoms with E-state index in [1.165, 1.54) is 29.4 Å². The molecule has 9 heteroatoms. The topological polar surface area (TPSA) is 89.7 Å². The molecule has 1 aliphatic heterocycles. The smallest absolute Gasteiger partial charge is 0.337 e. The Kier molecular flexibility index (Phi) is 5.07. The first-order valence-corrected chi connectivity index (χ1v) is 11.2. The van der Waals surface area contributed by atoms with Gasteiger partial charge in [-0.05, 0) is 49.7 Å². The van der Waals surface area contributed by atoms with Crippen LogP contribution in [0.3, 0.4) is 0 Å². The number of carbonyl (C=O) groups is 2. The van der Waals surface area contributed by atoms with Crippen molar-refractivity contribution in [1.82, 2.24) is 4.98 Å². The van der Waals surface area contributed by atoms with Crippen molar-refractivity contribution in [2.24, 2.45) is 0 Å². The molecule has 4 aromatic rings. The first-order chi connectivity index (χ1) is 15.8. The SMILES string of the molecule is COC(=O)c1ccc([C@@H]2c3c(oc4ccc(Cl)cc4c3=O)C(=O)N2c2nc(C)c(C)s2)cc1.